The molecule has 0 aliphatic carbocycles. The first-order valence-electron chi connectivity index (χ1n) is 8.86. The number of hydrogen-bond donors (Lipinski definition) is 2. The molecule has 1 saturated heterocycles. The molecule has 0 amide bonds. The van der Waals surface area contributed by atoms with Gasteiger partial charge >= 0.3 is 0 Å². The lowest BCUT2D eigenvalue weighted by atomic mass is 9.99. The van der Waals surface area contributed by atoms with Gasteiger partial charge in [-0.1, -0.05) is 0 Å². The van der Waals surface area contributed by atoms with E-state index in [1.807, 2.05) is 24.4 Å². The molecule has 7 nitrogen and oxygen atoms in total. The standard InChI is InChI=1S/C19H21N5O2S/c20-18-16(26-12-13-1-5-21-6-2-13)9-15(10-22-18)17-11-23-19(27-17)14-3-7-24(25)8-4-14/h1-2,5-6,9-11,14,25H,3-4,7-8,12H2,(H2,20,22). The van der Waals surface area contributed by atoms with Crippen molar-refractivity contribution in [1.29, 1.82) is 0 Å². The Balaban J connectivity index is 1.49. The van der Waals surface area contributed by atoms with E-state index in [-0.39, 0.29) is 0 Å². The smallest absolute Gasteiger partial charge is 0.166 e. The molecule has 1 fully saturated rings. The van der Waals surface area contributed by atoms with Crippen LogP contribution in [0.25, 0.3) is 10.4 Å². The highest BCUT2D eigenvalue weighted by atomic mass is 32.1. The van der Waals surface area contributed by atoms with Crippen molar-refractivity contribution in [3.63, 3.8) is 0 Å². The van der Waals surface area contributed by atoms with Crippen LogP contribution in [0.4, 0.5) is 5.82 Å². The minimum absolute atomic E-state index is 0.368. The van der Waals surface area contributed by atoms with Crippen LogP contribution in [0.1, 0.15) is 29.3 Å². The Morgan fingerprint density at radius 1 is 1.19 bits per heavy atom. The van der Waals surface area contributed by atoms with E-state index in [9.17, 15) is 5.21 Å². The number of anilines is 1. The summed E-state index contributed by atoms with van der Waals surface area (Å²) < 4.78 is 5.86. The van der Waals surface area contributed by atoms with Crippen LogP contribution in [0, 0.1) is 0 Å². The second-order valence-corrected chi connectivity index (χ2v) is 7.60. The highest BCUT2D eigenvalue weighted by molar-refractivity contribution is 7.15. The summed E-state index contributed by atoms with van der Waals surface area (Å²) >= 11 is 1.67. The Morgan fingerprint density at radius 2 is 1.96 bits per heavy atom. The maximum atomic E-state index is 9.53. The summed E-state index contributed by atoms with van der Waals surface area (Å²) in [6.07, 6.45) is 8.94. The number of rotatable bonds is 5. The number of hydrogen-bond acceptors (Lipinski definition) is 8. The predicted octanol–water partition coefficient (Wildman–Crippen LogP) is 3.33. The summed E-state index contributed by atoms with van der Waals surface area (Å²) in [7, 11) is 0. The molecule has 140 valence electrons. The van der Waals surface area contributed by atoms with E-state index >= 15 is 0 Å². The fourth-order valence-corrected chi connectivity index (χ4v) is 4.14. The minimum Gasteiger partial charge on any atom is -0.485 e. The highest BCUT2D eigenvalue weighted by Crippen LogP contribution is 2.36. The number of aromatic nitrogens is 3. The molecule has 1 aliphatic heterocycles. The van der Waals surface area contributed by atoms with Crippen molar-refractivity contribution in [2.24, 2.45) is 0 Å². The zero-order chi connectivity index (χ0) is 18.6. The molecule has 0 aromatic carbocycles. The SMILES string of the molecule is Nc1ncc(-c2cnc(C3CCN(O)CC3)s2)cc1OCc1ccncc1. The van der Waals surface area contributed by atoms with Crippen molar-refractivity contribution in [1.82, 2.24) is 20.0 Å². The van der Waals surface area contributed by atoms with Crippen molar-refractivity contribution < 1.29 is 9.94 Å². The molecule has 0 atom stereocenters. The van der Waals surface area contributed by atoms with Crippen LogP contribution in [0.2, 0.25) is 0 Å². The highest BCUT2D eigenvalue weighted by Gasteiger charge is 2.22. The number of thiazole rings is 1. The first kappa shape index (κ1) is 17.8. The number of hydroxylamine groups is 2. The van der Waals surface area contributed by atoms with Gasteiger partial charge in [-0.05, 0) is 36.6 Å². The number of piperidine rings is 1. The van der Waals surface area contributed by atoms with E-state index in [0.717, 1.165) is 33.9 Å². The monoisotopic (exact) mass is 383 g/mol. The quantitative estimate of drug-likeness (QED) is 0.697. The van der Waals surface area contributed by atoms with Crippen LogP contribution < -0.4 is 10.5 Å². The summed E-state index contributed by atoms with van der Waals surface area (Å²) in [5.74, 6) is 1.33. The van der Waals surface area contributed by atoms with Gasteiger partial charge in [-0.3, -0.25) is 4.98 Å². The molecule has 0 unspecified atom stereocenters. The molecule has 4 rings (SSSR count). The van der Waals surface area contributed by atoms with Gasteiger partial charge in [-0.2, -0.15) is 5.06 Å². The van der Waals surface area contributed by atoms with Gasteiger partial charge in [0.25, 0.3) is 0 Å². The second kappa shape index (κ2) is 7.99. The molecule has 1 aliphatic rings. The van der Waals surface area contributed by atoms with Gasteiger partial charge in [0.05, 0.1) is 9.88 Å². The maximum absolute atomic E-state index is 9.53. The number of nitrogen functional groups attached to an aromatic ring is 1. The van der Waals surface area contributed by atoms with Crippen molar-refractivity contribution >= 4 is 17.2 Å². The number of nitrogens with zero attached hydrogens (tertiary/aromatic N) is 4. The van der Waals surface area contributed by atoms with Crippen molar-refractivity contribution in [3.05, 3.63) is 53.6 Å². The van der Waals surface area contributed by atoms with Crippen LogP contribution in [-0.4, -0.2) is 38.3 Å². The van der Waals surface area contributed by atoms with Crippen LogP contribution >= 0.6 is 11.3 Å². The molecule has 8 heteroatoms. The third kappa shape index (κ3) is 4.24. The van der Waals surface area contributed by atoms with Gasteiger partial charge in [0.2, 0.25) is 0 Å². The first-order chi connectivity index (χ1) is 13.2. The molecule has 3 aromatic heterocycles. The summed E-state index contributed by atoms with van der Waals surface area (Å²) in [6.45, 7) is 1.79. The van der Waals surface area contributed by atoms with Crippen LogP contribution in [0.15, 0.2) is 43.0 Å². The second-order valence-electron chi connectivity index (χ2n) is 6.54. The fourth-order valence-electron chi connectivity index (χ4n) is 3.07. The Hall–Kier alpha value is -2.55. The van der Waals surface area contributed by atoms with Gasteiger partial charge in [-0.15, -0.1) is 11.3 Å². The number of nitrogens with two attached hydrogens (primary N) is 1. The Bertz CT molecular complexity index is 894. The van der Waals surface area contributed by atoms with Crippen LogP contribution in [0.5, 0.6) is 5.75 Å². The minimum atomic E-state index is 0.368. The van der Waals surface area contributed by atoms with Gasteiger partial charge in [0.15, 0.2) is 11.6 Å². The topological polar surface area (TPSA) is 97.4 Å². The molecule has 3 N–H and O–H groups in total. The lowest BCUT2D eigenvalue weighted by Gasteiger charge is -2.25. The summed E-state index contributed by atoms with van der Waals surface area (Å²) in [5, 5.41) is 12.0. The van der Waals surface area contributed by atoms with Gasteiger partial charge in [0, 0.05) is 49.4 Å². The number of ether oxygens (including phenoxy) is 1. The van der Waals surface area contributed by atoms with Gasteiger partial charge in [-0.25, -0.2) is 9.97 Å². The Labute approximate surface area is 161 Å². The fraction of sp³-hybridized carbons (Fsp3) is 0.316. The van der Waals surface area contributed by atoms with Crippen LogP contribution in [0.3, 0.4) is 0 Å². The predicted molar refractivity (Wildman–Crippen MR) is 104 cm³/mol. The van der Waals surface area contributed by atoms with Crippen molar-refractivity contribution in [3.8, 4) is 16.2 Å². The van der Waals surface area contributed by atoms with Gasteiger partial charge < -0.3 is 15.7 Å². The van der Waals surface area contributed by atoms with E-state index in [2.05, 4.69) is 15.0 Å². The molecular formula is C19H21N5O2S. The molecule has 4 heterocycles. The Morgan fingerprint density at radius 3 is 2.74 bits per heavy atom. The summed E-state index contributed by atoms with van der Waals surface area (Å²) in [4.78, 5) is 13.9. The average molecular weight is 383 g/mol. The van der Waals surface area contributed by atoms with Crippen molar-refractivity contribution in [2.45, 2.75) is 25.4 Å². The normalized spacial score (nSPS) is 15.7. The third-order valence-corrected chi connectivity index (χ3v) is 5.86. The first-order valence-corrected chi connectivity index (χ1v) is 9.68. The molecule has 27 heavy (non-hydrogen) atoms. The molecular weight excluding hydrogens is 362 g/mol. The summed E-state index contributed by atoms with van der Waals surface area (Å²) in [5.41, 5.74) is 7.94. The maximum Gasteiger partial charge on any atom is 0.166 e. The van der Waals surface area contributed by atoms with E-state index in [1.165, 1.54) is 5.06 Å². The lowest BCUT2D eigenvalue weighted by molar-refractivity contribution is -0.106. The van der Waals surface area contributed by atoms with E-state index in [1.54, 1.807) is 29.9 Å². The average Bonchev–Trinajstić information content (AvgIpc) is 3.19. The summed E-state index contributed by atoms with van der Waals surface area (Å²) in [6, 6.07) is 5.72. The Kier molecular flexibility index (Phi) is 5.28. The largest absolute Gasteiger partial charge is 0.485 e. The van der Waals surface area contributed by atoms with Gasteiger partial charge in [0.1, 0.15) is 6.61 Å². The van der Waals surface area contributed by atoms with Crippen LogP contribution in [-0.2, 0) is 6.61 Å². The van der Waals surface area contributed by atoms with E-state index in [4.69, 9.17) is 10.5 Å². The molecule has 0 bridgehead atoms. The van der Waals surface area contributed by atoms with E-state index < -0.39 is 0 Å². The molecule has 0 saturated carbocycles. The lowest BCUT2D eigenvalue weighted by Crippen LogP contribution is -2.29. The number of pyridine rings is 2. The zero-order valence-electron chi connectivity index (χ0n) is 14.8. The molecule has 0 radical (unpaired) electrons. The zero-order valence-corrected chi connectivity index (χ0v) is 15.6. The molecule has 3 aromatic rings. The third-order valence-electron chi connectivity index (χ3n) is 4.65. The van der Waals surface area contributed by atoms with Crippen molar-refractivity contribution in [2.75, 3.05) is 18.8 Å². The molecule has 0 spiro atoms. The van der Waals surface area contributed by atoms with E-state index in [0.29, 0.717) is 37.2 Å².